The fraction of sp³-hybridized carbons (Fsp3) is 0.600. The third kappa shape index (κ3) is 2.76. The van der Waals surface area contributed by atoms with Gasteiger partial charge in [0.15, 0.2) is 0 Å². The van der Waals surface area contributed by atoms with Crippen molar-refractivity contribution < 1.29 is 5.11 Å². The third-order valence-corrected chi connectivity index (χ3v) is 3.26. The van der Waals surface area contributed by atoms with E-state index in [-0.39, 0.29) is 6.10 Å². The minimum atomic E-state index is -0.193. The van der Waals surface area contributed by atoms with Gasteiger partial charge in [-0.3, -0.25) is 0 Å². The Bertz CT molecular complexity index is 174. The number of rotatable bonds is 4. The van der Waals surface area contributed by atoms with Crippen LogP contribution in [0.4, 0.5) is 0 Å². The van der Waals surface area contributed by atoms with E-state index in [1.54, 1.807) is 0 Å². The number of alkyl halides is 1. The molecule has 0 amide bonds. The lowest BCUT2D eigenvalue weighted by Gasteiger charge is -2.18. The lowest BCUT2D eigenvalue weighted by Crippen LogP contribution is -2.20. The van der Waals surface area contributed by atoms with E-state index < -0.39 is 0 Å². The summed E-state index contributed by atoms with van der Waals surface area (Å²) < 4.78 is 0. The number of halogens is 1. The van der Waals surface area contributed by atoms with Crippen LogP contribution in [-0.4, -0.2) is 16.5 Å². The summed E-state index contributed by atoms with van der Waals surface area (Å²) in [5, 5.41) is 10.5. The molecule has 1 nitrogen and oxygen atoms in total. The summed E-state index contributed by atoms with van der Waals surface area (Å²) in [6, 6.07) is 0. The molecule has 1 N–H and O–H groups in total. The summed E-state index contributed by atoms with van der Waals surface area (Å²) in [4.78, 5) is 0. The predicted molar refractivity (Wildman–Crippen MR) is 55.4 cm³/mol. The van der Waals surface area contributed by atoms with Crippen molar-refractivity contribution in [2.45, 2.75) is 19.4 Å². The highest BCUT2D eigenvalue weighted by Gasteiger charge is 2.16. The van der Waals surface area contributed by atoms with Crippen LogP contribution in [-0.2, 0) is 0 Å². The van der Waals surface area contributed by atoms with Gasteiger partial charge in [0.1, 0.15) is 0 Å². The first-order valence-electron chi connectivity index (χ1n) is 4.33. The fourth-order valence-corrected chi connectivity index (χ4v) is 1.68. The first-order valence-corrected chi connectivity index (χ1v) is 5.45. The molecular weight excluding hydrogens is 216 g/mol. The topological polar surface area (TPSA) is 20.2 Å². The molecule has 0 spiro atoms. The normalized spacial score (nSPS) is 21.6. The monoisotopic (exact) mass is 230 g/mol. The quantitative estimate of drug-likeness (QED) is 0.737. The van der Waals surface area contributed by atoms with Crippen LogP contribution in [0.2, 0.25) is 0 Å². The highest BCUT2D eigenvalue weighted by Crippen LogP contribution is 2.20. The highest BCUT2D eigenvalue weighted by atomic mass is 79.9. The van der Waals surface area contributed by atoms with Crippen LogP contribution in [0.1, 0.15) is 13.3 Å². The van der Waals surface area contributed by atoms with Crippen LogP contribution in [0.3, 0.4) is 0 Å². The van der Waals surface area contributed by atoms with Gasteiger partial charge < -0.3 is 5.11 Å². The summed E-state index contributed by atoms with van der Waals surface area (Å²) in [6.07, 6.45) is 8.99. The van der Waals surface area contributed by atoms with Crippen LogP contribution < -0.4 is 0 Å². The third-order valence-electron chi connectivity index (χ3n) is 2.24. The predicted octanol–water partition coefficient (Wildman–Crippen LogP) is 2.51. The number of hydrogen-bond donors (Lipinski definition) is 1. The van der Waals surface area contributed by atoms with Crippen molar-refractivity contribution in [3.05, 3.63) is 24.3 Å². The van der Waals surface area contributed by atoms with Crippen LogP contribution in [0.5, 0.6) is 0 Å². The molecule has 2 heteroatoms. The smallest absolute Gasteiger partial charge is 0.0582 e. The molecular formula is C10H15BrO. The van der Waals surface area contributed by atoms with Crippen molar-refractivity contribution in [2.75, 3.05) is 5.33 Å². The maximum Gasteiger partial charge on any atom is 0.0582 e. The number of hydrogen-bond acceptors (Lipinski definition) is 1. The van der Waals surface area contributed by atoms with E-state index >= 15 is 0 Å². The summed E-state index contributed by atoms with van der Waals surface area (Å²) in [5.74, 6) is 0.786. The van der Waals surface area contributed by atoms with E-state index in [1.165, 1.54) is 0 Å². The molecule has 0 heterocycles. The molecule has 0 aromatic rings. The van der Waals surface area contributed by atoms with Crippen LogP contribution in [0.15, 0.2) is 24.3 Å². The van der Waals surface area contributed by atoms with Gasteiger partial charge in [0, 0.05) is 5.33 Å². The van der Waals surface area contributed by atoms with Gasteiger partial charge in [0.05, 0.1) is 6.10 Å². The van der Waals surface area contributed by atoms with E-state index in [4.69, 9.17) is 0 Å². The Balaban J connectivity index is 2.30. The van der Waals surface area contributed by atoms with Crippen molar-refractivity contribution in [1.82, 2.24) is 0 Å². The zero-order chi connectivity index (χ0) is 8.97. The van der Waals surface area contributed by atoms with Gasteiger partial charge >= 0.3 is 0 Å². The van der Waals surface area contributed by atoms with Gasteiger partial charge in [-0.1, -0.05) is 47.2 Å². The molecule has 0 radical (unpaired) electrons. The van der Waals surface area contributed by atoms with Crippen molar-refractivity contribution in [3.63, 3.8) is 0 Å². The molecule has 0 fully saturated rings. The molecule has 0 aliphatic heterocycles. The summed E-state index contributed by atoms with van der Waals surface area (Å²) in [5.41, 5.74) is 0. The number of allylic oxidation sites excluding steroid dienone is 4. The standard InChI is InChI=1S/C10H15BrO/c1-8(7-11)10(12)6-9-4-2-3-5-9/h2-5,8-10,12H,6-7H2,1H3. The molecule has 0 aromatic heterocycles. The van der Waals surface area contributed by atoms with Crippen molar-refractivity contribution in [2.24, 2.45) is 11.8 Å². The first kappa shape index (κ1) is 10.0. The Morgan fingerprint density at radius 3 is 2.50 bits per heavy atom. The Morgan fingerprint density at radius 1 is 1.42 bits per heavy atom. The van der Waals surface area contributed by atoms with Gasteiger partial charge in [-0.25, -0.2) is 0 Å². The van der Waals surface area contributed by atoms with E-state index in [1.807, 2.05) is 12.2 Å². The SMILES string of the molecule is CC(CBr)C(O)CC1C=CC=C1. The average molecular weight is 231 g/mol. The lowest BCUT2D eigenvalue weighted by atomic mass is 9.96. The molecule has 1 aliphatic rings. The molecule has 0 bridgehead atoms. The fourth-order valence-electron chi connectivity index (χ4n) is 1.25. The lowest BCUT2D eigenvalue weighted by molar-refractivity contribution is 0.112. The second kappa shape index (κ2) is 4.83. The van der Waals surface area contributed by atoms with Crippen LogP contribution >= 0.6 is 15.9 Å². The van der Waals surface area contributed by atoms with Crippen molar-refractivity contribution >= 4 is 15.9 Å². The van der Waals surface area contributed by atoms with Gasteiger partial charge in [0.2, 0.25) is 0 Å². The Morgan fingerprint density at radius 2 is 2.00 bits per heavy atom. The maximum atomic E-state index is 9.68. The van der Waals surface area contributed by atoms with E-state index in [0.717, 1.165) is 11.8 Å². The largest absolute Gasteiger partial charge is 0.393 e. The van der Waals surface area contributed by atoms with Gasteiger partial charge in [0.25, 0.3) is 0 Å². The zero-order valence-electron chi connectivity index (χ0n) is 7.28. The van der Waals surface area contributed by atoms with Crippen LogP contribution in [0, 0.1) is 11.8 Å². The molecule has 1 rings (SSSR count). The summed E-state index contributed by atoms with van der Waals surface area (Å²) in [7, 11) is 0. The second-order valence-electron chi connectivity index (χ2n) is 3.37. The second-order valence-corrected chi connectivity index (χ2v) is 4.02. The van der Waals surface area contributed by atoms with E-state index in [9.17, 15) is 5.11 Å². The van der Waals surface area contributed by atoms with Gasteiger partial charge in [-0.05, 0) is 18.3 Å². The molecule has 12 heavy (non-hydrogen) atoms. The maximum absolute atomic E-state index is 9.68. The zero-order valence-corrected chi connectivity index (χ0v) is 8.87. The molecule has 0 saturated carbocycles. The summed E-state index contributed by atoms with van der Waals surface area (Å²) >= 11 is 3.37. The first-order chi connectivity index (χ1) is 5.74. The molecule has 0 saturated heterocycles. The van der Waals surface area contributed by atoms with Crippen molar-refractivity contribution in [3.8, 4) is 0 Å². The molecule has 2 atom stereocenters. The van der Waals surface area contributed by atoms with Gasteiger partial charge in [-0.15, -0.1) is 0 Å². The minimum Gasteiger partial charge on any atom is -0.393 e. The molecule has 2 unspecified atom stereocenters. The Hall–Kier alpha value is -0.0800. The highest BCUT2D eigenvalue weighted by molar-refractivity contribution is 9.09. The van der Waals surface area contributed by atoms with Gasteiger partial charge in [-0.2, -0.15) is 0 Å². The minimum absolute atomic E-state index is 0.193. The molecule has 1 aliphatic carbocycles. The Kier molecular flexibility index (Phi) is 4.02. The number of aliphatic hydroxyl groups excluding tert-OH is 1. The Labute approximate surface area is 82.3 Å². The number of aliphatic hydroxyl groups is 1. The average Bonchev–Trinajstić information content (AvgIpc) is 2.55. The van der Waals surface area contributed by atoms with Crippen LogP contribution in [0.25, 0.3) is 0 Å². The van der Waals surface area contributed by atoms with E-state index in [0.29, 0.717) is 11.8 Å². The van der Waals surface area contributed by atoms with Crippen molar-refractivity contribution in [1.29, 1.82) is 0 Å². The summed E-state index contributed by atoms with van der Waals surface area (Å²) in [6.45, 7) is 2.06. The molecule has 68 valence electrons. The molecule has 0 aromatic carbocycles. The van der Waals surface area contributed by atoms with E-state index in [2.05, 4.69) is 35.0 Å².